The smallest absolute Gasteiger partial charge is 0.321 e. The normalized spacial score (nSPS) is 10.5. The third-order valence-corrected chi connectivity index (χ3v) is 3.71. The van der Waals surface area contributed by atoms with Crippen molar-refractivity contribution in [2.45, 2.75) is 5.22 Å². The molecular weight excluding hydrogens is 332 g/mol. The van der Waals surface area contributed by atoms with Crippen molar-refractivity contribution in [2.24, 2.45) is 0 Å². The van der Waals surface area contributed by atoms with Gasteiger partial charge in [-0.25, -0.2) is 0 Å². The number of phenols is 2. The van der Waals surface area contributed by atoms with Crippen LogP contribution in [0, 0.1) is 0 Å². The molecule has 8 heteroatoms. The van der Waals surface area contributed by atoms with Crippen LogP contribution >= 0.6 is 11.8 Å². The average molecular weight is 344 g/mol. The Morgan fingerprint density at radius 2 is 1.88 bits per heavy atom. The first-order valence-electron chi connectivity index (χ1n) is 6.86. The maximum Gasteiger partial charge on any atom is 0.321 e. The Labute approximate surface area is 140 Å². The summed E-state index contributed by atoms with van der Waals surface area (Å²) in [5, 5.41) is 26.6. The number of para-hydroxylation sites is 1. The number of carbonyl (C=O) groups excluding carboxylic acids is 1. The molecule has 0 aliphatic rings. The molecule has 1 heterocycles. The van der Waals surface area contributed by atoms with Crippen molar-refractivity contribution in [1.29, 1.82) is 0 Å². The van der Waals surface area contributed by atoms with Gasteiger partial charge >= 0.3 is 5.97 Å². The number of aromatic hydroxyl groups is 2. The third kappa shape index (κ3) is 3.85. The quantitative estimate of drug-likeness (QED) is 0.315. The summed E-state index contributed by atoms with van der Waals surface area (Å²) < 4.78 is 10.6. The van der Waals surface area contributed by atoms with Crippen LogP contribution in [0.5, 0.6) is 17.2 Å². The lowest BCUT2D eigenvalue weighted by Crippen LogP contribution is -2.10. The molecule has 7 nitrogen and oxygen atoms in total. The van der Waals surface area contributed by atoms with E-state index in [4.69, 9.17) is 9.15 Å². The van der Waals surface area contributed by atoms with E-state index >= 15 is 0 Å². The fraction of sp³-hybridized carbons (Fsp3) is 0.0625. The standard InChI is InChI=1S/C16H12N2O5S/c19-12-7-6-10(8-13(12)20)15-17-18-16(23-15)24-9-14(21)22-11-4-2-1-3-5-11/h1-8,19-20H,9H2. The summed E-state index contributed by atoms with van der Waals surface area (Å²) >= 11 is 1.04. The first-order valence-corrected chi connectivity index (χ1v) is 7.85. The summed E-state index contributed by atoms with van der Waals surface area (Å²) in [5.41, 5.74) is 0.455. The van der Waals surface area contributed by atoms with Crippen molar-refractivity contribution in [3.63, 3.8) is 0 Å². The van der Waals surface area contributed by atoms with Crippen molar-refractivity contribution in [2.75, 3.05) is 5.75 Å². The van der Waals surface area contributed by atoms with Gasteiger partial charge in [-0.15, -0.1) is 10.2 Å². The highest BCUT2D eigenvalue weighted by Crippen LogP contribution is 2.31. The van der Waals surface area contributed by atoms with E-state index in [9.17, 15) is 15.0 Å². The Balaban J connectivity index is 1.60. The number of rotatable bonds is 5. The Bertz CT molecular complexity index is 851. The van der Waals surface area contributed by atoms with Crippen molar-refractivity contribution >= 4 is 17.7 Å². The fourth-order valence-electron chi connectivity index (χ4n) is 1.81. The molecule has 0 bridgehead atoms. The number of carbonyl (C=O) groups is 1. The minimum Gasteiger partial charge on any atom is -0.504 e. The van der Waals surface area contributed by atoms with Crippen LogP contribution in [0.25, 0.3) is 11.5 Å². The van der Waals surface area contributed by atoms with Crippen LogP contribution in [0.2, 0.25) is 0 Å². The highest BCUT2D eigenvalue weighted by molar-refractivity contribution is 7.99. The topological polar surface area (TPSA) is 106 Å². The van der Waals surface area contributed by atoms with Gasteiger partial charge in [-0.2, -0.15) is 0 Å². The number of hydrogen-bond donors (Lipinski definition) is 2. The van der Waals surface area contributed by atoms with E-state index in [2.05, 4.69) is 10.2 Å². The maximum absolute atomic E-state index is 11.8. The zero-order chi connectivity index (χ0) is 16.9. The molecule has 0 aliphatic carbocycles. The summed E-state index contributed by atoms with van der Waals surface area (Å²) in [6.07, 6.45) is 0. The Morgan fingerprint density at radius 1 is 1.08 bits per heavy atom. The second-order valence-electron chi connectivity index (χ2n) is 4.65. The van der Waals surface area contributed by atoms with Crippen LogP contribution in [0.1, 0.15) is 0 Å². The second-order valence-corrected chi connectivity index (χ2v) is 5.58. The second kappa shape index (κ2) is 7.05. The van der Waals surface area contributed by atoms with E-state index in [0.29, 0.717) is 11.3 Å². The van der Waals surface area contributed by atoms with Gasteiger partial charge < -0.3 is 19.4 Å². The Morgan fingerprint density at radius 3 is 2.62 bits per heavy atom. The molecule has 1 aromatic heterocycles. The molecule has 0 saturated carbocycles. The maximum atomic E-state index is 11.8. The van der Waals surface area contributed by atoms with Crippen LogP contribution in [-0.4, -0.2) is 32.1 Å². The Kier molecular flexibility index (Phi) is 4.66. The van der Waals surface area contributed by atoms with Crippen LogP contribution in [0.4, 0.5) is 0 Å². The molecule has 122 valence electrons. The molecule has 3 rings (SSSR count). The van der Waals surface area contributed by atoms with E-state index in [1.54, 1.807) is 24.3 Å². The lowest BCUT2D eigenvalue weighted by Gasteiger charge is -2.02. The van der Waals surface area contributed by atoms with Gasteiger partial charge in [0.15, 0.2) is 11.5 Å². The molecule has 24 heavy (non-hydrogen) atoms. The first kappa shape index (κ1) is 15.9. The van der Waals surface area contributed by atoms with Crippen LogP contribution in [0.3, 0.4) is 0 Å². The molecule has 0 unspecified atom stereocenters. The average Bonchev–Trinajstić information content (AvgIpc) is 3.05. The van der Waals surface area contributed by atoms with Gasteiger partial charge in [-0.05, 0) is 30.3 Å². The minimum absolute atomic E-state index is 0.0113. The van der Waals surface area contributed by atoms with Crippen LogP contribution in [0.15, 0.2) is 58.2 Å². The van der Waals surface area contributed by atoms with Crippen molar-refractivity contribution in [3.05, 3.63) is 48.5 Å². The highest BCUT2D eigenvalue weighted by atomic mass is 32.2. The molecule has 0 atom stereocenters. The summed E-state index contributed by atoms with van der Waals surface area (Å²) in [6.45, 7) is 0. The zero-order valence-electron chi connectivity index (χ0n) is 12.2. The molecule has 0 fully saturated rings. The third-order valence-electron chi connectivity index (χ3n) is 2.92. The van der Waals surface area contributed by atoms with Gasteiger partial charge in [0.25, 0.3) is 5.22 Å². The monoisotopic (exact) mass is 344 g/mol. The Hall–Kier alpha value is -3.00. The van der Waals surface area contributed by atoms with Gasteiger partial charge in [-0.3, -0.25) is 4.79 Å². The summed E-state index contributed by atoms with van der Waals surface area (Å²) in [6, 6.07) is 12.9. The van der Waals surface area contributed by atoms with Gasteiger partial charge in [0.05, 0.1) is 0 Å². The predicted molar refractivity (Wildman–Crippen MR) is 85.9 cm³/mol. The molecule has 0 saturated heterocycles. The van der Waals surface area contributed by atoms with E-state index < -0.39 is 5.97 Å². The first-order chi connectivity index (χ1) is 11.6. The summed E-state index contributed by atoms with van der Waals surface area (Å²) in [4.78, 5) is 11.8. The molecule has 0 spiro atoms. The lowest BCUT2D eigenvalue weighted by molar-refractivity contribution is -0.131. The van der Waals surface area contributed by atoms with Gasteiger partial charge in [0.2, 0.25) is 5.89 Å². The zero-order valence-corrected chi connectivity index (χ0v) is 13.1. The summed E-state index contributed by atoms with van der Waals surface area (Å²) in [5.74, 6) is -0.314. The van der Waals surface area contributed by atoms with Crippen LogP contribution in [-0.2, 0) is 4.79 Å². The van der Waals surface area contributed by atoms with E-state index in [1.165, 1.54) is 18.2 Å². The van der Waals surface area contributed by atoms with E-state index in [0.717, 1.165) is 11.8 Å². The van der Waals surface area contributed by atoms with E-state index in [-0.39, 0.29) is 28.4 Å². The number of benzene rings is 2. The van der Waals surface area contributed by atoms with Gasteiger partial charge in [-0.1, -0.05) is 30.0 Å². The summed E-state index contributed by atoms with van der Waals surface area (Å²) in [7, 11) is 0. The van der Waals surface area contributed by atoms with Gasteiger partial charge in [0, 0.05) is 5.56 Å². The predicted octanol–water partition coefficient (Wildman–Crippen LogP) is 2.85. The number of aromatic nitrogens is 2. The molecule has 2 aromatic carbocycles. The molecule has 3 aromatic rings. The van der Waals surface area contributed by atoms with Crippen LogP contribution < -0.4 is 4.74 Å². The number of hydrogen-bond acceptors (Lipinski definition) is 8. The molecule has 0 radical (unpaired) electrons. The molecule has 0 amide bonds. The molecule has 0 aliphatic heterocycles. The fourth-order valence-corrected chi connectivity index (χ4v) is 2.35. The lowest BCUT2D eigenvalue weighted by atomic mass is 10.2. The molecular formula is C16H12N2O5S. The number of phenolic OH excluding ortho intramolecular Hbond substituents is 2. The largest absolute Gasteiger partial charge is 0.504 e. The van der Waals surface area contributed by atoms with Crippen molar-refractivity contribution in [3.8, 4) is 28.7 Å². The molecule has 2 N–H and O–H groups in total. The minimum atomic E-state index is -0.437. The number of ether oxygens (including phenoxy) is 1. The van der Waals surface area contributed by atoms with E-state index in [1.807, 2.05) is 6.07 Å². The number of thioether (sulfide) groups is 1. The highest BCUT2D eigenvalue weighted by Gasteiger charge is 2.13. The van der Waals surface area contributed by atoms with Crippen molar-refractivity contribution in [1.82, 2.24) is 10.2 Å². The van der Waals surface area contributed by atoms with Gasteiger partial charge in [0.1, 0.15) is 11.5 Å². The number of esters is 1. The SMILES string of the molecule is O=C(CSc1nnc(-c2ccc(O)c(O)c2)o1)Oc1ccccc1. The number of nitrogens with zero attached hydrogens (tertiary/aromatic N) is 2. The van der Waals surface area contributed by atoms with Crippen molar-refractivity contribution < 1.29 is 24.2 Å².